The van der Waals surface area contributed by atoms with Gasteiger partial charge in [0.1, 0.15) is 0 Å². The number of carbonyl (C=O) groups is 2. The molecule has 0 atom stereocenters. The largest absolute Gasteiger partial charge is 0.481 e. The smallest absolute Gasteiger partial charge is 0.309 e. The van der Waals surface area contributed by atoms with Gasteiger partial charge in [-0.25, -0.2) is 0 Å². The van der Waals surface area contributed by atoms with Crippen LogP contribution in [0.3, 0.4) is 0 Å². The first-order chi connectivity index (χ1) is 7.72. The Labute approximate surface area is 102 Å². The molecule has 0 aliphatic heterocycles. The molecule has 0 aromatic carbocycles. The summed E-state index contributed by atoms with van der Waals surface area (Å²) in [6.45, 7) is 7.10. The van der Waals surface area contributed by atoms with E-state index in [0.717, 1.165) is 0 Å². The van der Waals surface area contributed by atoms with Crippen LogP contribution in [0, 0.1) is 16.7 Å². The summed E-state index contributed by atoms with van der Waals surface area (Å²) < 4.78 is 0. The van der Waals surface area contributed by atoms with Gasteiger partial charge in [0.2, 0.25) is 5.91 Å². The minimum atomic E-state index is -1.07. The summed E-state index contributed by atoms with van der Waals surface area (Å²) in [7, 11) is 0. The molecule has 0 aromatic rings. The lowest BCUT2D eigenvalue weighted by Gasteiger charge is -2.29. The van der Waals surface area contributed by atoms with E-state index in [9.17, 15) is 9.59 Å². The van der Waals surface area contributed by atoms with Crippen LogP contribution in [0.15, 0.2) is 0 Å². The molecule has 0 saturated heterocycles. The number of carbonyl (C=O) groups excluding carboxylic acids is 1. The molecule has 0 spiro atoms. The van der Waals surface area contributed by atoms with Crippen molar-refractivity contribution in [3.8, 4) is 6.07 Å². The standard InChI is InChI=1S/C12H20N2O3/c1-9(2)14(7-5-6-13)10(15)8-12(3,4)11(16)17/h9H,5,7-8H2,1-4H3,(H,16,17). The van der Waals surface area contributed by atoms with E-state index in [2.05, 4.69) is 0 Å². The van der Waals surface area contributed by atoms with Crippen molar-refractivity contribution in [3.05, 3.63) is 0 Å². The molecule has 17 heavy (non-hydrogen) atoms. The van der Waals surface area contributed by atoms with Crippen LogP contribution in [0.1, 0.15) is 40.5 Å². The van der Waals surface area contributed by atoms with Gasteiger partial charge < -0.3 is 10.0 Å². The summed E-state index contributed by atoms with van der Waals surface area (Å²) in [4.78, 5) is 24.5. The molecular formula is C12H20N2O3. The van der Waals surface area contributed by atoms with Gasteiger partial charge in [-0.05, 0) is 27.7 Å². The fourth-order valence-corrected chi connectivity index (χ4v) is 1.40. The molecule has 96 valence electrons. The summed E-state index contributed by atoms with van der Waals surface area (Å²) in [6, 6.07) is 1.96. The minimum absolute atomic E-state index is 0.0274. The highest BCUT2D eigenvalue weighted by Crippen LogP contribution is 2.22. The van der Waals surface area contributed by atoms with Crippen molar-refractivity contribution in [1.29, 1.82) is 5.26 Å². The molecule has 0 heterocycles. The average Bonchev–Trinajstić information content (AvgIpc) is 2.16. The van der Waals surface area contributed by atoms with E-state index >= 15 is 0 Å². The lowest BCUT2D eigenvalue weighted by molar-refractivity contribution is -0.152. The Kier molecular flexibility index (Phi) is 5.66. The summed E-state index contributed by atoms with van der Waals surface area (Å²) >= 11 is 0. The van der Waals surface area contributed by atoms with Crippen molar-refractivity contribution in [2.45, 2.75) is 46.6 Å². The fourth-order valence-electron chi connectivity index (χ4n) is 1.40. The van der Waals surface area contributed by atoms with Gasteiger partial charge in [0.05, 0.1) is 17.9 Å². The van der Waals surface area contributed by atoms with Gasteiger partial charge in [0.25, 0.3) is 0 Å². The maximum atomic E-state index is 12.0. The average molecular weight is 240 g/mol. The van der Waals surface area contributed by atoms with Gasteiger partial charge in [-0.15, -0.1) is 0 Å². The van der Waals surface area contributed by atoms with Gasteiger partial charge in [-0.2, -0.15) is 5.26 Å². The molecular weight excluding hydrogens is 220 g/mol. The lowest BCUT2D eigenvalue weighted by Crippen LogP contribution is -2.41. The van der Waals surface area contributed by atoms with Crippen LogP contribution < -0.4 is 0 Å². The van der Waals surface area contributed by atoms with Gasteiger partial charge >= 0.3 is 5.97 Å². The number of nitriles is 1. The molecule has 0 unspecified atom stereocenters. The zero-order chi connectivity index (χ0) is 13.6. The highest BCUT2D eigenvalue weighted by atomic mass is 16.4. The number of carboxylic acid groups (broad SMARTS) is 1. The number of hydrogen-bond acceptors (Lipinski definition) is 3. The van der Waals surface area contributed by atoms with Crippen LogP contribution in [0.4, 0.5) is 0 Å². The second-order valence-electron chi connectivity index (χ2n) is 4.95. The normalized spacial score (nSPS) is 11.1. The number of hydrogen-bond donors (Lipinski definition) is 1. The van der Waals surface area contributed by atoms with E-state index in [1.807, 2.05) is 19.9 Å². The molecule has 1 N–H and O–H groups in total. The van der Waals surface area contributed by atoms with Crippen LogP contribution >= 0.6 is 0 Å². The Hall–Kier alpha value is -1.57. The first-order valence-electron chi connectivity index (χ1n) is 5.62. The maximum absolute atomic E-state index is 12.0. The Morgan fingerprint density at radius 3 is 2.29 bits per heavy atom. The van der Waals surface area contributed by atoms with Crippen LogP contribution in [0.5, 0.6) is 0 Å². The summed E-state index contributed by atoms with van der Waals surface area (Å²) in [5.74, 6) is -1.21. The zero-order valence-corrected chi connectivity index (χ0v) is 10.9. The van der Waals surface area contributed by atoms with E-state index in [1.54, 1.807) is 4.90 Å². The van der Waals surface area contributed by atoms with Gasteiger partial charge in [0.15, 0.2) is 0 Å². The molecule has 5 heteroatoms. The summed E-state index contributed by atoms with van der Waals surface area (Å²) in [5, 5.41) is 17.5. The van der Waals surface area contributed by atoms with E-state index in [4.69, 9.17) is 10.4 Å². The predicted molar refractivity (Wildman–Crippen MR) is 63.1 cm³/mol. The van der Waals surface area contributed by atoms with E-state index in [-0.39, 0.29) is 24.8 Å². The zero-order valence-electron chi connectivity index (χ0n) is 10.9. The van der Waals surface area contributed by atoms with E-state index < -0.39 is 11.4 Å². The van der Waals surface area contributed by atoms with Crippen molar-refractivity contribution in [3.63, 3.8) is 0 Å². The molecule has 5 nitrogen and oxygen atoms in total. The fraction of sp³-hybridized carbons (Fsp3) is 0.750. The van der Waals surface area contributed by atoms with Crippen molar-refractivity contribution in [1.82, 2.24) is 4.90 Å². The first-order valence-corrected chi connectivity index (χ1v) is 5.62. The molecule has 0 radical (unpaired) electrons. The van der Waals surface area contributed by atoms with E-state index in [1.165, 1.54) is 13.8 Å². The second kappa shape index (κ2) is 6.24. The lowest BCUT2D eigenvalue weighted by atomic mass is 9.89. The minimum Gasteiger partial charge on any atom is -0.481 e. The number of aliphatic carboxylic acids is 1. The Bertz CT molecular complexity index is 329. The topological polar surface area (TPSA) is 81.4 Å². The van der Waals surface area contributed by atoms with Crippen molar-refractivity contribution in [2.24, 2.45) is 5.41 Å². The van der Waals surface area contributed by atoms with E-state index in [0.29, 0.717) is 6.54 Å². The summed E-state index contributed by atoms with van der Waals surface area (Å²) in [6.07, 6.45) is 0.212. The Morgan fingerprint density at radius 1 is 1.41 bits per heavy atom. The van der Waals surface area contributed by atoms with Gasteiger partial charge in [-0.3, -0.25) is 9.59 Å². The molecule has 0 saturated carbocycles. The molecule has 0 rings (SSSR count). The number of amides is 1. The molecule has 0 aromatic heterocycles. The highest BCUT2D eigenvalue weighted by molar-refractivity contribution is 5.84. The SMILES string of the molecule is CC(C)N(CCC#N)C(=O)CC(C)(C)C(=O)O. The van der Waals surface area contributed by atoms with Crippen molar-refractivity contribution >= 4 is 11.9 Å². The van der Waals surface area contributed by atoms with Crippen LogP contribution in [0.25, 0.3) is 0 Å². The van der Waals surface area contributed by atoms with Gasteiger partial charge in [-0.1, -0.05) is 0 Å². The molecule has 1 amide bonds. The molecule has 0 fully saturated rings. The number of rotatable bonds is 6. The Morgan fingerprint density at radius 2 is 1.94 bits per heavy atom. The second-order valence-corrected chi connectivity index (χ2v) is 4.95. The number of nitrogens with zero attached hydrogens (tertiary/aromatic N) is 2. The molecule has 0 aliphatic carbocycles. The molecule has 0 aliphatic rings. The Balaban J connectivity index is 4.65. The highest BCUT2D eigenvalue weighted by Gasteiger charge is 2.32. The molecule has 0 bridgehead atoms. The van der Waals surface area contributed by atoms with Crippen molar-refractivity contribution in [2.75, 3.05) is 6.54 Å². The van der Waals surface area contributed by atoms with Crippen LogP contribution in [-0.4, -0.2) is 34.5 Å². The third-order valence-electron chi connectivity index (χ3n) is 2.58. The monoisotopic (exact) mass is 240 g/mol. The third-order valence-corrected chi connectivity index (χ3v) is 2.58. The summed E-state index contributed by atoms with van der Waals surface area (Å²) in [5.41, 5.74) is -1.07. The van der Waals surface area contributed by atoms with Crippen LogP contribution in [0.2, 0.25) is 0 Å². The first kappa shape index (κ1) is 15.4. The van der Waals surface area contributed by atoms with Crippen LogP contribution in [-0.2, 0) is 9.59 Å². The van der Waals surface area contributed by atoms with Crippen molar-refractivity contribution < 1.29 is 14.7 Å². The van der Waals surface area contributed by atoms with Gasteiger partial charge in [0, 0.05) is 19.0 Å². The number of carboxylic acids is 1. The third kappa shape index (κ3) is 4.85. The quantitative estimate of drug-likeness (QED) is 0.765. The maximum Gasteiger partial charge on any atom is 0.309 e. The predicted octanol–water partition coefficient (Wildman–Crippen LogP) is 1.64.